The Bertz CT molecular complexity index is 1450. The molecule has 0 spiro atoms. The summed E-state index contributed by atoms with van der Waals surface area (Å²) in [6.07, 6.45) is -0.148. The Balaban J connectivity index is 1.40. The number of fused-ring (bicyclic) bond motifs is 1. The van der Waals surface area contributed by atoms with E-state index in [2.05, 4.69) is 39.4 Å². The second-order valence-corrected chi connectivity index (χ2v) is 11.8. The minimum absolute atomic E-state index is 0.0944. The molecule has 1 heterocycles. The molecule has 1 aliphatic rings. The van der Waals surface area contributed by atoms with Crippen LogP contribution in [0.4, 0.5) is 10.1 Å². The van der Waals surface area contributed by atoms with E-state index in [0.29, 0.717) is 28.2 Å². The summed E-state index contributed by atoms with van der Waals surface area (Å²) in [5.74, 6) is 0.427. The summed E-state index contributed by atoms with van der Waals surface area (Å²) in [6.45, 7) is 5.18. The standard InChI is InChI=1S/C33H32BrClFNO3/c1-33(2)32(39-21-24-11-12-25(34)18-29(24)36)31(38-16-15-22-7-4-3-5-8-22)28-19-27(13-14-30(28)40-33)37-20-23-9-6-10-26(35)17-23/h3-14,17-19,31-32,37H,15-16,20-21H2,1-2H3. The molecule has 0 aromatic heterocycles. The Kier molecular flexibility index (Phi) is 9.11. The molecule has 0 fully saturated rings. The fraction of sp³-hybridized carbons (Fsp3) is 0.273. The quantitative estimate of drug-likeness (QED) is 0.191. The van der Waals surface area contributed by atoms with Crippen LogP contribution in [-0.2, 0) is 29.0 Å². The molecule has 0 radical (unpaired) electrons. The van der Waals surface area contributed by atoms with E-state index >= 15 is 0 Å². The van der Waals surface area contributed by atoms with Crippen molar-refractivity contribution in [3.05, 3.63) is 129 Å². The van der Waals surface area contributed by atoms with Crippen LogP contribution in [0.3, 0.4) is 0 Å². The number of benzene rings is 4. The first-order chi connectivity index (χ1) is 19.3. The zero-order valence-corrected chi connectivity index (χ0v) is 24.8. The van der Waals surface area contributed by atoms with Gasteiger partial charge in [-0.15, -0.1) is 0 Å². The molecule has 208 valence electrons. The number of nitrogens with one attached hydrogen (secondary N) is 1. The zero-order valence-electron chi connectivity index (χ0n) is 22.5. The van der Waals surface area contributed by atoms with Crippen molar-refractivity contribution in [3.8, 4) is 5.75 Å². The largest absolute Gasteiger partial charge is 0.485 e. The molecule has 0 aliphatic carbocycles. The molecule has 2 atom stereocenters. The lowest BCUT2D eigenvalue weighted by atomic mass is 9.87. The molecule has 2 unspecified atom stereocenters. The molecule has 0 saturated carbocycles. The Morgan fingerprint density at radius 2 is 1.73 bits per heavy atom. The second-order valence-electron chi connectivity index (χ2n) is 10.4. The monoisotopic (exact) mass is 623 g/mol. The van der Waals surface area contributed by atoms with Crippen molar-refractivity contribution >= 4 is 33.2 Å². The van der Waals surface area contributed by atoms with Gasteiger partial charge in [-0.3, -0.25) is 0 Å². The van der Waals surface area contributed by atoms with Crippen molar-refractivity contribution in [2.75, 3.05) is 11.9 Å². The van der Waals surface area contributed by atoms with Gasteiger partial charge < -0.3 is 19.5 Å². The van der Waals surface area contributed by atoms with E-state index in [1.807, 2.05) is 74.5 Å². The molecule has 40 heavy (non-hydrogen) atoms. The zero-order chi connectivity index (χ0) is 28.1. The van der Waals surface area contributed by atoms with Crippen molar-refractivity contribution in [3.63, 3.8) is 0 Å². The van der Waals surface area contributed by atoms with Crippen molar-refractivity contribution < 1.29 is 18.6 Å². The molecule has 1 N–H and O–H groups in total. The molecule has 0 bridgehead atoms. The summed E-state index contributed by atoms with van der Waals surface area (Å²) < 4.78 is 34.8. The van der Waals surface area contributed by atoms with Crippen LogP contribution in [-0.4, -0.2) is 18.3 Å². The molecule has 4 aromatic carbocycles. The SMILES string of the molecule is CC1(C)Oc2ccc(NCc3cccc(Cl)c3)cc2C(OCCc2ccccc2)C1OCc1ccc(Br)cc1F. The van der Waals surface area contributed by atoms with Crippen LogP contribution >= 0.6 is 27.5 Å². The fourth-order valence-electron chi connectivity index (χ4n) is 4.93. The highest BCUT2D eigenvalue weighted by Gasteiger charge is 2.45. The summed E-state index contributed by atoms with van der Waals surface area (Å²) in [4.78, 5) is 0. The smallest absolute Gasteiger partial charge is 0.132 e. The maximum atomic E-state index is 14.6. The molecular weight excluding hydrogens is 593 g/mol. The molecule has 1 aliphatic heterocycles. The number of anilines is 1. The van der Waals surface area contributed by atoms with Gasteiger partial charge in [0.2, 0.25) is 0 Å². The van der Waals surface area contributed by atoms with Crippen LogP contribution in [0.15, 0.2) is 95.5 Å². The number of ether oxygens (including phenoxy) is 3. The third kappa shape index (κ3) is 7.05. The molecule has 4 aromatic rings. The molecule has 4 nitrogen and oxygen atoms in total. The molecular formula is C33H32BrClFNO3. The van der Waals surface area contributed by atoms with Gasteiger partial charge in [0.05, 0.1) is 13.2 Å². The van der Waals surface area contributed by atoms with Crippen LogP contribution in [0.5, 0.6) is 5.75 Å². The highest BCUT2D eigenvalue weighted by atomic mass is 79.9. The summed E-state index contributed by atoms with van der Waals surface area (Å²) in [5.41, 5.74) is 3.86. The predicted molar refractivity (Wildman–Crippen MR) is 161 cm³/mol. The van der Waals surface area contributed by atoms with Crippen molar-refractivity contribution in [2.45, 2.75) is 51.2 Å². The van der Waals surface area contributed by atoms with Crippen LogP contribution < -0.4 is 10.1 Å². The van der Waals surface area contributed by atoms with Gasteiger partial charge in [0.15, 0.2) is 0 Å². The van der Waals surface area contributed by atoms with E-state index in [9.17, 15) is 4.39 Å². The molecule has 5 rings (SSSR count). The minimum atomic E-state index is -0.716. The third-order valence-corrected chi connectivity index (χ3v) is 7.73. The van der Waals surface area contributed by atoms with Gasteiger partial charge in [0.25, 0.3) is 0 Å². The van der Waals surface area contributed by atoms with Gasteiger partial charge in [-0.2, -0.15) is 0 Å². The summed E-state index contributed by atoms with van der Waals surface area (Å²) in [5, 5.41) is 4.19. The molecule has 0 saturated heterocycles. The average Bonchev–Trinajstić information content (AvgIpc) is 2.92. The first-order valence-corrected chi connectivity index (χ1v) is 14.5. The second kappa shape index (κ2) is 12.7. The maximum absolute atomic E-state index is 14.6. The van der Waals surface area contributed by atoms with Gasteiger partial charge in [-0.05, 0) is 73.9 Å². The van der Waals surface area contributed by atoms with Crippen LogP contribution in [0, 0.1) is 5.82 Å². The van der Waals surface area contributed by atoms with Crippen LogP contribution in [0.1, 0.15) is 42.2 Å². The van der Waals surface area contributed by atoms with Crippen molar-refractivity contribution in [2.24, 2.45) is 0 Å². The fourth-order valence-corrected chi connectivity index (χ4v) is 5.47. The lowest BCUT2D eigenvalue weighted by Gasteiger charge is -2.44. The summed E-state index contributed by atoms with van der Waals surface area (Å²) in [7, 11) is 0. The van der Waals surface area contributed by atoms with E-state index in [1.54, 1.807) is 6.07 Å². The van der Waals surface area contributed by atoms with Crippen molar-refractivity contribution in [1.82, 2.24) is 0 Å². The van der Waals surface area contributed by atoms with Gasteiger partial charge in [0, 0.05) is 32.9 Å². The Morgan fingerprint density at radius 3 is 2.50 bits per heavy atom. The van der Waals surface area contributed by atoms with E-state index in [0.717, 1.165) is 29.0 Å². The lowest BCUT2D eigenvalue weighted by Crippen LogP contribution is -2.51. The van der Waals surface area contributed by atoms with Gasteiger partial charge in [-0.1, -0.05) is 76.1 Å². The lowest BCUT2D eigenvalue weighted by molar-refractivity contribution is -0.167. The van der Waals surface area contributed by atoms with E-state index in [1.165, 1.54) is 11.6 Å². The van der Waals surface area contributed by atoms with Gasteiger partial charge in [-0.25, -0.2) is 4.39 Å². The number of hydrogen-bond acceptors (Lipinski definition) is 4. The molecule has 7 heteroatoms. The Morgan fingerprint density at radius 1 is 0.925 bits per heavy atom. The topological polar surface area (TPSA) is 39.7 Å². The predicted octanol–water partition coefficient (Wildman–Crippen LogP) is 8.91. The van der Waals surface area contributed by atoms with Crippen molar-refractivity contribution in [1.29, 1.82) is 0 Å². The Hall–Kier alpha value is -2.90. The third-order valence-electron chi connectivity index (χ3n) is 7.00. The number of hydrogen-bond donors (Lipinski definition) is 1. The van der Waals surface area contributed by atoms with Gasteiger partial charge in [0.1, 0.15) is 29.4 Å². The number of halogens is 3. The summed E-state index contributed by atoms with van der Waals surface area (Å²) >= 11 is 9.49. The van der Waals surface area contributed by atoms with Crippen LogP contribution in [0.2, 0.25) is 5.02 Å². The minimum Gasteiger partial charge on any atom is -0.485 e. The average molecular weight is 625 g/mol. The first kappa shape index (κ1) is 28.6. The highest BCUT2D eigenvalue weighted by molar-refractivity contribution is 9.10. The molecule has 0 amide bonds. The van der Waals surface area contributed by atoms with E-state index in [4.69, 9.17) is 25.8 Å². The normalized spacial score (nSPS) is 17.6. The Labute approximate surface area is 248 Å². The maximum Gasteiger partial charge on any atom is 0.132 e. The van der Waals surface area contributed by atoms with E-state index < -0.39 is 17.8 Å². The van der Waals surface area contributed by atoms with E-state index in [-0.39, 0.29) is 12.4 Å². The van der Waals surface area contributed by atoms with Gasteiger partial charge >= 0.3 is 0 Å². The number of rotatable bonds is 10. The highest BCUT2D eigenvalue weighted by Crippen LogP contribution is 2.44. The van der Waals surface area contributed by atoms with Crippen LogP contribution in [0.25, 0.3) is 0 Å². The first-order valence-electron chi connectivity index (χ1n) is 13.3. The summed E-state index contributed by atoms with van der Waals surface area (Å²) in [6, 6.07) is 29.0.